The highest BCUT2D eigenvalue weighted by atomic mass is 16.5. The molecule has 1 aliphatic heterocycles. The lowest BCUT2D eigenvalue weighted by molar-refractivity contribution is -0.140. The molecule has 8 heteroatoms. The van der Waals surface area contributed by atoms with E-state index in [4.69, 9.17) is 14.2 Å². The molecule has 8 nitrogen and oxygen atoms in total. The molecule has 1 saturated heterocycles. The number of rotatable bonds is 9. The minimum absolute atomic E-state index is 0.0527. The molecular weight excluding hydrogens is 474 g/mol. The number of aliphatic hydroxyl groups is 1. The largest absolute Gasteiger partial charge is 0.507 e. The number of aromatic hydroxyl groups is 1. The molecule has 0 spiro atoms. The molecular formula is C29H37NO7. The molecule has 0 saturated carbocycles. The van der Waals surface area contributed by atoms with Gasteiger partial charge in [-0.25, -0.2) is 0 Å². The summed E-state index contributed by atoms with van der Waals surface area (Å²) in [5.74, 6) is -1.02. The van der Waals surface area contributed by atoms with Gasteiger partial charge >= 0.3 is 0 Å². The fourth-order valence-electron chi connectivity index (χ4n) is 4.42. The average Bonchev–Trinajstić information content (AvgIpc) is 3.08. The number of ketones is 1. The van der Waals surface area contributed by atoms with Crippen LogP contribution in [0.2, 0.25) is 0 Å². The molecule has 1 unspecified atom stereocenters. The van der Waals surface area contributed by atoms with E-state index in [1.165, 1.54) is 18.1 Å². The number of likely N-dealkylation sites (tertiary alicyclic amines) is 1. The van der Waals surface area contributed by atoms with Crippen LogP contribution in [-0.2, 0) is 19.7 Å². The molecule has 1 aliphatic rings. The number of carbonyl (C=O) groups is 2. The van der Waals surface area contributed by atoms with Gasteiger partial charge in [-0.05, 0) is 62.1 Å². The highest BCUT2D eigenvalue weighted by molar-refractivity contribution is 6.46. The van der Waals surface area contributed by atoms with E-state index < -0.39 is 17.7 Å². The van der Waals surface area contributed by atoms with Crippen molar-refractivity contribution in [3.05, 3.63) is 58.7 Å². The Kier molecular flexibility index (Phi) is 8.53. The smallest absolute Gasteiger partial charge is 0.295 e. The molecule has 1 fully saturated rings. The molecule has 37 heavy (non-hydrogen) atoms. The summed E-state index contributed by atoms with van der Waals surface area (Å²) in [5.41, 5.74) is 1.36. The number of amides is 1. The number of hydrogen-bond donors (Lipinski definition) is 2. The van der Waals surface area contributed by atoms with Crippen molar-refractivity contribution < 1.29 is 34.0 Å². The molecule has 1 amide bonds. The van der Waals surface area contributed by atoms with E-state index in [1.807, 2.05) is 41.5 Å². The lowest BCUT2D eigenvalue weighted by Gasteiger charge is -2.26. The first-order valence-electron chi connectivity index (χ1n) is 12.4. The Morgan fingerprint density at radius 3 is 2.32 bits per heavy atom. The third kappa shape index (κ3) is 5.91. The molecule has 0 aliphatic carbocycles. The van der Waals surface area contributed by atoms with Gasteiger partial charge < -0.3 is 29.3 Å². The van der Waals surface area contributed by atoms with Crippen LogP contribution in [-0.4, -0.2) is 59.8 Å². The minimum Gasteiger partial charge on any atom is -0.507 e. The Balaban J connectivity index is 2.19. The Labute approximate surface area is 218 Å². The molecule has 3 rings (SSSR count). The zero-order chi connectivity index (χ0) is 27.5. The normalized spacial score (nSPS) is 17.5. The van der Waals surface area contributed by atoms with Gasteiger partial charge in [-0.2, -0.15) is 0 Å². The molecule has 2 aromatic rings. The first-order valence-corrected chi connectivity index (χ1v) is 12.4. The summed E-state index contributed by atoms with van der Waals surface area (Å²) < 4.78 is 16.6. The Bertz CT molecular complexity index is 1190. The highest BCUT2D eigenvalue weighted by Gasteiger charge is 2.46. The van der Waals surface area contributed by atoms with Gasteiger partial charge in [0.1, 0.15) is 11.5 Å². The molecule has 200 valence electrons. The zero-order valence-electron chi connectivity index (χ0n) is 22.6. The lowest BCUT2D eigenvalue weighted by Crippen LogP contribution is -2.33. The number of aliphatic hydroxyl groups excluding tert-OH is 1. The second kappa shape index (κ2) is 11.3. The number of methoxy groups -OCH3 is 1. The van der Waals surface area contributed by atoms with Crippen LogP contribution in [0.3, 0.4) is 0 Å². The predicted octanol–water partition coefficient (Wildman–Crippen LogP) is 4.94. The molecule has 0 bridgehead atoms. The van der Waals surface area contributed by atoms with E-state index >= 15 is 0 Å². The number of ether oxygens (including phenoxy) is 3. The summed E-state index contributed by atoms with van der Waals surface area (Å²) in [6.07, 6.45) is -0.0556. The quantitative estimate of drug-likeness (QED) is 0.279. The summed E-state index contributed by atoms with van der Waals surface area (Å²) in [7, 11) is 1.43. The molecule has 0 aromatic heterocycles. The lowest BCUT2D eigenvalue weighted by atomic mass is 9.84. The number of hydrogen-bond acceptors (Lipinski definition) is 7. The summed E-state index contributed by atoms with van der Waals surface area (Å²) >= 11 is 0. The molecule has 2 N–H and O–H groups in total. The number of phenols is 1. The summed E-state index contributed by atoms with van der Waals surface area (Å²) in [4.78, 5) is 27.8. The first-order chi connectivity index (χ1) is 17.4. The van der Waals surface area contributed by atoms with Gasteiger partial charge in [0.25, 0.3) is 11.7 Å². The van der Waals surface area contributed by atoms with Crippen molar-refractivity contribution in [2.24, 2.45) is 0 Å². The Morgan fingerprint density at radius 1 is 1.08 bits per heavy atom. The topological polar surface area (TPSA) is 106 Å². The van der Waals surface area contributed by atoms with Crippen LogP contribution in [0.5, 0.6) is 17.2 Å². The van der Waals surface area contributed by atoms with E-state index in [1.54, 1.807) is 30.3 Å². The van der Waals surface area contributed by atoms with Crippen molar-refractivity contribution in [2.45, 2.75) is 59.1 Å². The minimum atomic E-state index is -0.919. The van der Waals surface area contributed by atoms with Gasteiger partial charge in [-0.1, -0.05) is 26.8 Å². The van der Waals surface area contributed by atoms with Crippen LogP contribution in [0.1, 0.15) is 64.3 Å². The molecule has 1 atom stereocenters. The molecule has 1 heterocycles. The second-order valence-electron chi connectivity index (χ2n) is 10.2. The number of nitrogens with zero attached hydrogens (tertiary/aromatic N) is 1. The van der Waals surface area contributed by atoms with Crippen LogP contribution in [0.15, 0.2) is 42.0 Å². The maximum Gasteiger partial charge on any atom is 0.295 e. The SMILES string of the molecule is CCOc1ccc(/C(O)=C2/C(=O)C(=O)N(CCOC(C)C)C2c2ccc(OC)c(O)c2)cc1C(C)(C)C. The Hall–Kier alpha value is -3.52. The van der Waals surface area contributed by atoms with Crippen LogP contribution >= 0.6 is 0 Å². The third-order valence-corrected chi connectivity index (χ3v) is 6.20. The Morgan fingerprint density at radius 2 is 1.76 bits per heavy atom. The number of phenolic OH excluding ortho intramolecular Hbond substituents is 1. The van der Waals surface area contributed by atoms with Gasteiger partial charge in [0.2, 0.25) is 0 Å². The first kappa shape index (κ1) is 28.1. The zero-order valence-corrected chi connectivity index (χ0v) is 22.6. The van der Waals surface area contributed by atoms with Crippen molar-refractivity contribution in [3.63, 3.8) is 0 Å². The van der Waals surface area contributed by atoms with Crippen molar-refractivity contribution in [3.8, 4) is 17.2 Å². The van der Waals surface area contributed by atoms with Gasteiger partial charge in [0, 0.05) is 17.7 Å². The van der Waals surface area contributed by atoms with Crippen molar-refractivity contribution in [1.29, 1.82) is 0 Å². The van der Waals surface area contributed by atoms with Crippen LogP contribution in [0.25, 0.3) is 5.76 Å². The predicted molar refractivity (Wildman–Crippen MR) is 141 cm³/mol. The van der Waals surface area contributed by atoms with Gasteiger partial charge in [0.05, 0.1) is 38.0 Å². The fourth-order valence-corrected chi connectivity index (χ4v) is 4.42. The summed E-state index contributed by atoms with van der Waals surface area (Å²) in [6, 6.07) is 8.97. The standard InChI is InChI=1S/C29H37NO7/c1-8-36-22-11-10-19(15-20(22)29(4,5)6)26(32)24-25(18-9-12-23(35-7)21(31)16-18)30(28(34)27(24)33)13-14-37-17(2)3/h9-12,15-17,25,31-32H,8,13-14H2,1-7H3/b26-24-. The van der Waals surface area contributed by atoms with Crippen LogP contribution in [0.4, 0.5) is 0 Å². The molecule has 2 aromatic carbocycles. The van der Waals surface area contributed by atoms with Gasteiger partial charge in [-0.15, -0.1) is 0 Å². The number of benzene rings is 2. The molecule has 0 radical (unpaired) electrons. The number of Topliss-reactive ketones (excluding diaryl/α,β-unsaturated/α-hetero) is 1. The van der Waals surface area contributed by atoms with Crippen molar-refractivity contribution >= 4 is 17.4 Å². The van der Waals surface area contributed by atoms with Crippen LogP contribution < -0.4 is 9.47 Å². The van der Waals surface area contributed by atoms with E-state index in [0.29, 0.717) is 23.5 Å². The highest BCUT2D eigenvalue weighted by Crippen LogP contribution is 2.42. The maximum atomic E-state index is 13.3. The summed E-state index contributed by atoms with van der Waals surface area (Å²) in [5, 5.41) is 21.9. The van der Waals surface area contributed by atoms with Gasteiger partial charge in [-0.3, -0.25) is 9.59 Å². The van der Waals surface area contributed by atoms with Crippen LogP contribution in [0, 0.1) is 0 Å². The van der Waals surface area contributed by atoms with E-state index in [0.717, 1.165) is 5.56 Å². The van der Waals surface area contributed by atoms with Crippen molar-refractivity contribution in [1.82, 2.24) is 4.90 Å². The monoisotopic (exact) mass is 511 g/mol. The maximum absolute atomic E-state index is 13.3. The van der Waals surface area contributed by atoms with E-state index in [2.05, 4.69) is 0 Å². The van der Waals surface area contributed by atoms with Crippen molar-refractivity contribution in [2.75, 3.05) is 26.9 Å². The van der Waals surface area contributed by atoms with Gasteiger partial charge in [0.15, 0.2) is 11.5 Å². The average molecular weight is 512 g/mol. The summed E-state index contributed by atoms with van der Waals surface area (Å²) in [6.45, 7) is 12.6. The number of carbonyl (C=O) groups excluding carboxylic acids is 2. The second-order valence-corrected chi connectivity index (χ2v) is 10.2. The van der Waals surface area contributed by atoms with E-state index in [-0.39, 0.29) is 47.5 Å². The fraction of sp³-hybridized carbons (Fsp3) is 0.448. The third-order valence-electron chi connectivity index (χ3n) is 6.20. The van der Waals surface area contributed by atoms with E-state index in [9.17, 15) is 19.8 Å².